The van der Waals surface area contributed by atoms with Crippen molar-refractivity contribution >= 4 is 0 Å². The summed E-state index contributed by atoms with van der Waals surface area (Å²) in [4.78, 5) is 1.51. The van der Waals surface area contributed by atoms with Crippen LogP contribution in [0.2, 0.25) is 0 Å². The van der Waals surface area contributed by atoms with Crippen LogP contribution in [0.5, 0.6) is 0 Å². The van der Waals surface area contributed by atoms with Crippen LogP contribution in [0.15, 0.2) is 0 Å². The number of aliphatic hydroxyl groups is 1. The first-order chi connectivity index (χ1) is 5.26. The van der Waals surface area contributed by atoms with Crippen LogP contribution >= 0.6 is 0 Å². The van der Waals surface area contributed by atoms with Gasteiger partial charge in [-0.05, 0) is 14.0 Å². The summed E-state index contributed by atoms with van der Waals surface area (Å²) in [7, 11) is 1.58. The van der Waals surface area contributed by atoms with Crippen molar-refractivity contribution in [3.63, 3.8) is 0 Å². The fourth-order valence-electron chi connectivity index (χ4n) is 1.48. The van der Waals surface area contributed by atoms with Crippen molar-refractivity contribution in [2.24, 2.45) is 0 Å². The zero-order valence-electron chi connectivity index (χ0n) is 7.02. The normalized spacial score (nSPS) is 39.0. The quantitative estimate of drug-likeness (QED) is 0.605. The van der Waals surface area contributed by atoms with Gasteiger partial charge in [-0.15, -0.1) is 0 Å². The first kappa shape index (κ1) is 9.80. The van der Waals surface area contributed by atoms with Gasteiger partial charge in [0.05, 0.1) is 0 Å². The topological polar surface area (TPSA) is 23.5 Å². The number of likely N-dealkylation sites (tertiary alicyclic amines) is 1. The van der Waals surface area contributed by atoms with Crippen molar-refractivity contribution in [1.29, 1.82) is 0 Å². The van der Waals surface area contributed by atoms with Gasteiger partial charge in [-0.1, -0.05) is 0 Å². The molecule has 1 aliphatic rings. The molecule has 0 aromatic heterocycles. The molecule has 5 heteroatoms. The maximum atomic E-state index is 12.2. The van der Waals surface area contributed by atoms with Gasteiger partial charge in [0, 0.05) is 19.0 Å². The Kier molecular flexibility index (Phi) is 2.12. The molecule has 1 aliphatic heterocycles. The second-order valence-corrected chi connectivity index (χ2v) is 3.50. The fourth-order valence-corrected chi connectivity index (χ4v) is 1.48. The highest BCUT2D eigenvalue weighted by atomic mass is 19.4. The van der Waals surface area contributed by atoms with Crippen molar-refractivity contribution in [3.05, 3.63) is 0 Å². The van der Waals surface area contributed by atoms with Gasteiger partial charge in [0.15, 0.2) is 5.60 Å². The molecule has 0 amide bonds. The second-order valence-electron chi connectivity index (χ2n) is 3.50. The first-order valence-electron chi connectivity index (χ1n) is 3.75. The highest BCUT2D eigenvalue weighted by molar-refractivity contribution is 4.98. The molecule has 1 saturated heterocycles. The Bertz CT molecular complexity index is 170. The Labute approximate surface area is 69.0 Å². The molecule has 1 heterocycles. The lowest BCUT2D eigenvalue weighted by molar-refractivity contribution is -0.253. The Hall–Kier alpha value is -0.290. The van der Waals surface area contributed by atoms with Gasteiger partial charge in [0.25, 0.3) is 0 Å². The lowest BCUT2D eigenvalue weighted by Crippen LogP contribution is -2.46. The number of β-amino-alcohol motifs (C(OH)–C–C–N with tert-alkyl or cyclic N) is 1. The third kappa shape index (κ3) is 1.43. The van der Waals surface area contributed by atoms with Crippen LogP contribution in [0.3, 0.4) is 0 Å². The lowest BCUT2D eigenvalue weighted by atomic mass is 10.0. The van der Waals surface area contributed by atoms with E-state index in [1.807, 2.05) is 0 Å². The van der Waals surface area contributed by atoms with Gasteiger partial charge < -0.3 is 10.0 Å². The van der Waals surface area contributed by atoms with Crippen molar-refractivity contribution in [3.8, 4) is 0 Å². The van der Waals surface area contributed by atoms with Crippen LogP contribution < -0.4 is 0 Å². The molecule has 0 radical (unpaired) electrons. The third-order valence-electron chi connectivity index (χ3n) is 2.42. The number of halogens is 3. The van der Waals surface area contributed by atoms with E-state index in [-0.39, 0.29) is 19.0 Å². The van der Waals surface area contributed by atoms with Crippen LogP contribution in [0.1, 0.15) is 13.3 Å². The number of nitrogens with zero attached hydrogens (tertiary/aromatic N) is 1. The standard InChI is InChI=1S/C7H12F3NO/c1-5-3-6(12,4-11(5)2)7(8,9)10/h5,12H,3-4H2,1-2H3. The molecule has 2 nitrogen and oxygen atoms in total. The van der Waals surface area contributed by atoms with Crippen molar-refractivity contribution in [1.82, 2.24) is 4.90 Å². The summed E-state index contributed by atoms with van der Waals surface area (Å²) in [5.74, 6) is 0. The van der Waals surface area contributed by atoms with Crippen LogP contribution in [0, 0.1) is 0 Å². The molecule has 0 aromatic rings. The van der Waals surface area contributed by atoms with Gasteiger partial charge in [0.2, 0.25) is 0 Å². The maximum absolute atomic E-state index is 12.2. The molecule has 2 atom stereocenters. The van der Waals surface area contributed by atoms with Gasteiger partial charge in [0.1, 0.15) is 0 Å². The summed E-state index contributed by atoms with van der Waals surface area (Å²) in [6.45, 7) is 1.35. The van der Waals surface area contributed by atoms with Crippen LogP contribution in [-0.2, 0) is 0 Å². The largest absolute Gasteiger partial charge is 0.418 e. The first-order valence-corrected chi connectivity index (χ1v) is 3.75. The van der Waals surface area contributed by atoms with E-state index in [4.69, 9.17) is 0 Å². The summed E-state index contributed by atoms with van der Waals surface area (Å²) in [6.07, 6.45) is -4.74. The molecule has 0 aliphatic carbocycles. The molecule has 1 rings (SSSR count). The van der Waals surface area contributed by atoms with E-state index in [9.17, 15) is 18.3 Å². The zero-order valence-corrected chi connectivity index (χ0v) is 7.02. The van der Waals surface area contributed by atoms with Crippen LogP contribution in [0.4, 0.5) is 13.2 Å². The lowest BCUT2D eigenvalue weighted by Gasteiger charge is -2.25. The predicted octanol–water partition coefficient (Wildman–Crippen LogP) is 1.00. The summed E-state index contributed by atoms with van der Waals surface area (Å²) in [5, 5.41) is 9.20. The summed E-state index contributed by atoms with van der Waals surface area (Å²) in [5.41, 5.74) is -2.50. The predicted molar refractivity (Wildman–Crippen MR) is 37.7 cm³/mol. The number of hydrogen-bond donors (Lipinski definition) is 1. The van der Waals surface area contributed by atoms with E-state index in [0.29, 0.717) is 0 Å². The second kappa shape index (κ2) is 2.60. The Balaban J connectivity index is 2.77. The monoisotopic (exact) mass is 183 g/mol. The molecular formula is C7H12F3NO. The van der Waals surface area contributed by atoms with Gasteiger partial charge in [-0.2, -0.15) is 13.2 Å². The molecule has 0 aromatic carbocycles. The van der Waals surface area contributed by atoms with Crippen molar-refractivity contribution < 1.29 is 18.3 Å². The van der Waals surface area contributed by atoms with E-state index in [0.717, 1.165) is 0 Å². The molecule has 0 bridgehead atoms. The summed E-state index contributed by atoms with van der Waals surface area (Å²) < 4.78 is 36.6. The minimum absolute atomic E-state index is 0.211. The van der Waals surface area contributed by atoms with Gasteiger partial charge >= 0.3 is 6.18 Å². The average Bonchev–Trinajstić information content (AvgIpc) is 2.06. The molecule has 0 saturated carbocycles. The third-order valence-corrected chi connectivity index (χ3v) is 2.42. The van der Waals surface area contributed by atoms with Gasteiger partial charge in [-0.25, -0.2) is 0 Å². The van der Waals surface area contributed by atoms with Crippen molar-refractivity contribution in [2.45, 2.75) is 31.2 Å². The molecule has 12 heavy (non-hydrogen) atoms. The Morgan fingerprint density at radius 1 is 1.50 bits per heavy atom. The number of rotatable bonds is 0. The Morgan fingerprint density at radius 3 is 2.17 bits per heavy atom. The number of alkyl halides is 3. The molecule has 2 unspecified atom stereocenters. The zero-order chi connectivity index (χ0) is 9.57. The average molecular weight is 183 g/mol. The van der Waals surface area contributed by atoms with Gasteiger partial charge in [-0.3, -0.25) is 0 Å². The molecular weight excluding hydrogens is 171 g/mol. The number of hydrogen-bond acceptors (Lipinski definition) is 2. The highest BCUT2D eigenvalue weighted by Gasteiger charge is 2.58. The fraction of sp³-hybridized carbons (Fsp3) is 1.00. The van der Waals surface area contributed by atoms with E-state index in [1.54, 1.807) is 14.0 Å². The van der Waals surface area contributed by atoms with E-state index >= 15 is 0 Å². The number of likely N-dealkylation sites (N-methyl/N-ethyl adjacent to an activating group) is 1. The molecule has 72 valence electrons. The minimum Gasteiger partial charge on any atom is -0.379 e. The SMILES string of the molecule is CC1CC(O)(C(F)(F)F)CN1C. The molecule has 0 spiro atoms. The van der Waals surface area contributed by atoms with E-state index in [2.05, 4.69) is 0 Å². The molecule has 1 N–H and O–H groups in total. The van der Waals surface area contributed by atoms with Crippen molar-refractivity contribution in [2.75, 3.05) is 13.6 Å². The highest BCUT2D eigenvalue weighted by Crippen LogP contribution is 2.39. The Morgan fingerprint density at radius 2 is 2.00 bits per heavy atom. The smallest absolute Gasteiger partial charge is 0.379 e. The summed E-state index contributed by atoms with van der Waals surface area (Å²) in [6, 6.07) is -0.211. The van der Waals surface area contributed by atoms with E-state index in [1.165, 1.54) is 4.90 Å². The minimum atomic E-state index is -4.51. The molecule has 1 fully saturated rings. The van der Waals surface area contributed by atoms with E-state index < -0.39 is 11.8 Å². The van der Waals surface area contributed by atoms with Crippen LogP contribution in [-0.4, -0.2) is 41.4 Å². The summed E-state index contributed by atoms with van der Waals surface area (Å²) >= 11 is 0. The maximum Gasteiger partial charge on any atom is 0.418 e. The van der Waals surface area contributed by atoms with Crippen LogP contribution in [0.25, 0.3) is 0 Å².